The number of allylic oxidation sites excluding steroid dienone is 3. The first-order valence-electron chi connectivity index (χ1n) is 7.97. The van der Waals surface area contributed by atoms with Gasteiger partial charge in [-0.3, -0.25) is 14.6 Å². The molecule has 24 heavy (non-hydrogen) atoms. The molecule has 1 aliphatic rings. The Morgan fingerprint density at radius 1 is 1.54 bits per heavy atom. The molecule has 0 aliphatic carbocycles. The van der Waals surface area contributed by atoms with E-state index in [2.05, 4.69) is 17.3 Å². The van der Waals surface area contributed by atoms with Crippen LogP contribution in [0.4, 0.5) is 0 Å². The normalized spacial score (nSPS) is 20.5. The Morgan fingerprint density at radius 3 is 2.79 bits per heavy atom. The molecule has 1 heterocycles. The predicted octanol–water partition coefficient (Wildman–Crippen LogP) is 1.21. The summed E-state index contributed by atoms with van der Waals surface area (Å²) in [6.45, 7) is 5.96. The smallest absolute Gasteiger partial charge is 0.324 e. The molecule has 0 bridgehead atoms. The Kier molecular flexibility index (Phi) is 8.21. The van der Waals surface area contributed by atoms with Gasteiger partial charge in [-0.2, -0.15) is 0 Å². The average molecular weight is 337 g/mol. The van der Waals surface area contributed by atoms with E-state index in [0.29, 0.717) is 19.4 Å². The number of nitrogens with zero attached hydrogens (tertiary/aromatic N) is 1. The van der Waals surface area contributed by atoms with Gasteiger partial charge in [0, 0.05) is 6.54 Å². The van der Waals surface area contributed by atoms with Crippen LogP contribution < -0.4 is 10.7 Å². The highest BCUT2D eigenvalue weighted by Gasteiger charge is 2.31. The van der Waals surface area contributed by atoms with Crippen LogP contribution in [0.15, 0.2) is 36.1 Å². The Hall–Kier alpha value is -2.12. The highest BCUT2D eigenvalue weighted by atomic mass is 16.5. The van der Waals surface area contributed by atoms with Crippen molar-refractivity contribution in [1.82, 2.24) is 15.8 Å². The minimum Gasteiger partial charge on any atom is -0.508 e. The van der Waals surface area contributed by atoms with Crippen LogP contribution in [0.1, 0.15) is 26.2 Å². The first-order valence-corrected chi connectivity index (χ1v) is 7.97. The molecule has 1 saturated heterocycles. The van der Waals surface area contributed by atoms with E-state index in [9.17, 15) is 14.7 Å². The average Bonchev–Trinajstić information content (AvgIpc) is 2.63. The molecule has 7 nitrogen and oxygen atoms in total. The van der Waals surface area contributed by atoms with E-state index in [1.807, 2.05) is 0 Å². The molecular formula is C17H27N3O4. The zero-order chi connectivity index (χ0) is 18.1. The lowest BCUT2D eigenvalue weighted by atomic mass is 10.0. The van der Waals surface area contributed by atoms with E-state index in [0.717, 1.165) is 12.0 Å². The highest BCUT2D eigenvalue weighted by molar-refractivity contribution is 5.83. The monoisotopic (exact) mass is 337 g/mol. The molecule has 0 aromatic carbocycles. The summed E-state index contributed by atoms with van der Waals surface area (Å²) >= 11 is 0. The maximum absolute atomic E-state index is 12.7. The van der Waals surface area contributed by atoms with Gasteiger partial charge < -0.3 is 15.2 Å². The van der Waals surface area contributed by atoms with E-state index in [1.54, 1.807) is 32.2 Å². The number of hydrazine groups is 1. The summed E-state index contributed by atoms with van der Waals surface area (Å²) in [6.07, 6.45) is 6.47. The lowest BCUT2D eigenvalue weighted by Crippen LogP contribution is -2.59. The van der Waals surface area contributed by atoms with Gasteiger partial charge in [0.25, 0.3) is 5.91 Å². The zero-order valence-electron chi connectivity index (χ0n) is 14.5. The van der Waals surface area contributed by atoms with Crippen molar-refractivity contribution in [1.29, 1.82) is 0 Å². The lowest BCUT2D eigenvalue weighted by Gasteiger charge is -2.34. The van der Waals surface area contributed by atoms with Gasteiger partial charge in [-0.1, -0.05) is 12.7 Å². The molecule has 0 aromatic rings. The van der Waals surface area contributed by atoms with Crippen molar-refractivity contribution in [3.8, 4) is 0 Å². The van der Waals surface area contributed by atoms with Crippen molar-refractivity contribution in [2.45, 2.75) is 38.3 Å². The van der Waals surface area contributed by atoms with Gasteiger partial charge in [0.2, 0.25) is 0 Å². The van der Waals surface area contributed by atoms with Gasteiger partial charge in [-0.25, -0.2) is 5.43 Å². The van der Waals surface area contributed by atoms with E-state index >= 15 is 0 Å². The molecule has 134 valence electrons. The lowest BCUT2D eigenvalue weighted by molar-refractivity contribution is -0.150. The molecule has 1 fully saturated rings. The molecule has 0 saturated carbocycles. The standard InChI is InChI=1S/C17H27N3O4/c1-5-12(10-13(21)6-2)11-15(18-3)16(22)20-9-7-8-14(19-20)17(23)24-4/h5-6,10,14-15,18-19,21H,1,7-9,11H2,2-4H3/b12-10+,13-6+. The van der Waals surface area contributed by atoms with Crippen LogP contribution in [0, 0.1) is 0 Å². The zero-order valence-corrected chi connectivity index (χ0v) is 14.5. The minimum absolute atomic E-state index is 0.119. The fourth-order valence-corrected chi connectivity index (χ4v) is 2.47. The number of hydrogen-bond donors (Lipinski definition) is 3. The van der Waals surface area contributed by atoms with Crippen molar-refractivity contribution < 1.29 is 19.4 Å². The number of amides is 1. The van der Waals surface area contributed by atoms with Crippen molar-refractivity contribution in [3.63, 3.8) is 0 Å². The summed E-state index contributed by atoms with van der Waals surface area (Å²) in [5, 5.41) is 14.0. The van der Waals surface area contributed by atoms with E-state index in [1.165, 1.54) is 12.1 Å². The third-order valence-corrected chi connectivity index (χ3v) is 3.92. The minimum atomic E-state index is -0.508. The van der Waals surface area contributed by atoms with Crippen LogP contribution in [0.2, 0.25) is 0 Å². The molecule has 7 heteroatoms. The van der Waals surface area contributed by atoms with Gasteiger partial charge in [0.05, 0.1) is 13.2 Å². The third kappa shape index (κ3) is 5.50. The number of nitrogens with one attached hydrogen (secondary N) is 2. The van der Waals surface area contributed by atoms with Crippen LogP contribution in [0.3, 0.4) is 0 Å². The molecule has 0 spiro atoms. The fourth-order valence-electron chi connectivity index (χ4n) is 2.47. The SMILES string of the molecule is C=C/C(=C\C(O)=C/C)CC(NC)C(=O)N1CCCC(C(=O)OC)N1. The number of ether oxygens (including phenoxy) is 1. The molecule has 1 aliphatic heterocycles. The second-order valence-electron chi connectivity index (χ2n) is 5.52. The molecule has 3 N–H and O–H groups in total. The van der Waals surface area contributed by atoms with Crippen LogP contribution in [-0.2, 0) is 14.3 Å². The van der Waals surface area contributed by atoms with Crippen molar-refractivity contribution in [2.24, 2.45) is 0 Å². The van der Waals surface area contributed by atoms with Gasteiger partial charge >= 0.3 is 5.97 Å². The van der Waals surface area contributed by atoms with E-state index in [4.69, 9.17) is 4.74 Å². The fraction of sp³-hybridized carbons (Fsp3) is 0.529. The summed E-state index contributed by atoms with van der Waals surface area (Å²) in [7, 11) is 3.02. The first kappa shape index (κ1) is 19.9. The number of carbonyl (C=O) groups is 2. The maximum atomic E-state index is 12.7. The quantitative estimate of drug-likeness (QED) is 0.367. The Balaban J connectivity index is 2.80. The van der Waals surface area contributed by atoms with Gasteiger partial charge in [0.15, 0.2) is 0 Å². The number of esters is 1. The largest absolute Gasteiger partial charge is 0.508 e. The van der Waals surface area contributed by atoms with Crippen LogP contribution in [0.5, 0.6) is 0 Å². The van der Waals surface area contributed by atoms with Gasteiger partial charge in [-0.05, 0) is 51.0 Å². The Morgan fingerprint density at radius 2 is 2.25 bits per heavy atom. The summed E-state index contributed by atoms with van der Waals surface area (Å²) in [6, 6.07) is -1.01. The van der Waals surface area contributed by atoms with Gasteiger partial charge in [0.1, 0.15) is 11.8 Å². The number of rotatable bonds is 7. The molecular weight excluding hydrogens is 310 g/mol. The predicted molar refractivity (Wildman–Crippen MR) is 92.0 cm³/mol. The first-order chi connectivity index (χ1) is 11.5. The number of aliphatic hydroxyl groups is 1. The van der Waals surface area contributed by atoms with Crippen molar-refractivity contribution in [2.75, 3.05) is 20.7 Å². The molecule has 2 unspecified atom stereocenters. The molecule has 1 amide bonds. The number of carbonyl (C=O) groups excluding carboxylic acids is 2. The maximum Gasteiger partial charge on any atom is 0.324 e. The number of likely N-dealkylation sites (N-methyl/N-ethyl adjacent to an activating group) is 1. The summed E-state index contributed by atoms with van der Waals surface area (Å²) in [4.78, 5) is 24.4. The Bertz CT molecular complexity index is 528. The number of aliphatic hydroxyl groups excluding tert-OH is 1. The van der Waals surface area contributed by atoms with Crippen LogP contribution in [0.25, 0.3) is 0 Å². The van der Waals surface area contributed by atoms with Gasteiger partial charge in [-0.15, -0.1) is 0 Å². The number of methoxy groups -OCH3 is 1. The summed E-state index contributed by atoms with van der Waals surface area (Å²) < 4.78 is 4.73. The van der Waals surface area contributed by atoms with Crippen LogP contribution in [-0.4, -0.2) is 54.8 Å². The van der Waals surface area contributed by atoms with E-state index < -0.39 is 12.1 Å². The molecule has 1 rings (SSSR count). The van der Waals surface area contributed by atoms with Crippen LogP contribution >= 0.6 is 0 Å². The van der Waals surface area contributed by atoms with E-state index in [-0.39, 0.29) is 17.6 Å². The topological polar surface area (TPSA) is 90.9 Å². The second kappa shape index (κ2) is 9.89. The third-order valence-electron chi connectivity index (χ3n) is 3.92. The molecule has 0 aromatic heterocycles. The number of hydrogen-bond acceptors (Lipinski definition) is 6. The van der Waals surface area contributed by atoms with Crippen molar-refractivity contribution in [3.05, 3.63) is 36.1 Å². The molecule has 0 radical (unpaired) electrons. The Labute approximate surface area is 143 Å². The highest BCUT2D eigenvalue weighted by Crippen LogP contribution is 2.14. The summed E-state index contributed by atoms with van der Waals surface area (Å²) in [5.74, 6) is -0.425. The van der Waals surface area contributed by atoms with Crippen molar-refractivity contribution >= 4 is 11.9 Å². The summed E-state index contributed by atoms with van der Waals surface area (Å²) in [5.41, 5.74) is 3.66. The molecule has 2 atom stereocenters. The second-order valence-corrected chi connectivity index (χ2v) is 5.52.